The average molecular weight is 173 g/mol. The average Bonchev–Trinajstić information content (AvgIpc) is 1.88. The van der Waals surface area contributed by atoms with Crippen LogP contribution in [0.15, 0.2) is 18.2 Å². The monoisotopic (exact) mass is 172 g/mol. The van der Waals surface area contributed by atoms with Gasteiger partial charge in [0.05, 0.1) is 5.69 Å². The maximum Gasteiger partial charge on any atom is 0.0514 e. The number of benzene rings is 1. The van der Waals surface area contributed by atoms with Gasteiger partial charge in [-0.1, -0.05) is 17.7 Å². The highest BCUT2D eigenvalue weighted by Gasteiger charge is 1.93. The van der Waals surface area contributed by atoms with E-state index in [9.17, 15) is 0 Å². The molecule has 1 rings (SSSR count). The van der Waals surface area contributed by atoms with Crippen LogP contribution in [-0.2, 0) is 0 Å². The molecule has 0 bridgehead atoms. The minimum atomic E-state index is 0. The predicted octanol–water partition coefficient (Wildman–Crippen LogP) is 2.01. The summed E-state index contributed by atoms with van der Waals surface area (Å²) in [5.74, 6) is 5.25. The van der Waals surface area contributed by atoms with Crippen molar-refractivity contribution in [3.05, 3.63) is 29.3 Å². The number of hydrogen-bond acceptors (Lipinski definition) is 2. The zero-order chi connectivity index (χ0) is 7.56. The van der Waals surface area contributed by atoms with Crippen molar-refractivity contribution in [3.63, 3.8) is 0 Å². The van der Waals surface area contributed by atoms with Gasteiger partial charge in [0.2, 0.25) is 0 Å². The van der Waals surface area contributed by atoms with Gasteiger partial charge in [-0.25, -0.2) is 0 Å². The summed E-state index contributed by atoms with van der Waals surface area (Å²) in [4.78, 5) is 0. The van der Waals surface area contributed by atoms with Gasteiger partial charge in [0.15, 0.2) is 0 Å². The molecule has 1 aromatic carbocycles. The van der Waals surface area contributed by atoms with E-state index in [-0.39, 0.29) is 12.4 Å². The first-order chi connectivity index (χ1) is 4.74. The fourth-order valence-electron chi connectivity index (χ4n) is 0.976. The van der Waals surface area contributed by atoms with Crippen LogP contribution in [0.5, 0.6) is 0 Å². The summed E-state index contributed by atoms with van der Waals surface area (Å²) in [6.07, 6.45) is 0. The fraction of sp³-hybridized carbons (Fsp3) is 0.250. The Hall–Kier alpha value is -0.730. The van der Waals surface area contributed by atoms with Crippen molar-refractivity contribution in [1.82, 2.24) is 0 Å². The van der Waals surface area contributed by atoms with E-state index in [1.807, 2.05) is 19.1 Å². The molecule has 0 fully saturated rings. The lowest BCUT2D eigenvalue weighted by Crippen LogP contribution is -2.07. The molecular weight excluding hydrogens is 160 g/mol. The smallest absolute Gasteiger partial charge is 0.0514 e. The van der Waals surface area contributed by atoms with Crippen LogP contribution in [0, 0.1) is 13.8 Å². The Morgan fingerprint density at radius 1 is 1.27 bits per heavy atom. The van der Waals surface area contributed by atoms with Crippen LogP contribution in [-0.4, -0.2) is 0 Å². The SMILES string of the molecule is Cc1ccc(NN)c(C)c1.Cl. The second-order valence-corrected chi connectivity index (χ2v) is 2.46. The van der Waals surface area contributed by atoms with Gasteiger partial charge in [0, 0.05) is 0 Å². The molecule has 0 aliphatic carbocycles. The van der Waals surface area contributed by atoms with E-state index in [1.165, 1.54) is 11.1 Å². The number of nitrogens with two attached hydrogens (primary N) is 1. The molecular formula is C8H13ClN2. The summed E-state index contributed by atoms with van der Waals surface area (Å²) >= 11 is 0. The number of anilines is 1. The van der Waals surface area contributed by atoms with Gasteiger partial charge in [-0.2, -0.15) is 0 Å². The molecule has 0 amide bonds. The molecule has 3 heteroatoms. The molecule has 0 atom stereocenters. The van der Waals surface area contributed by atoms with E-state index in [0.717, 1.165) is 5.69 Å². The van der Waals surface area contributed by atoms with Gasteiger partial charge in [-0.3, -0.25) is 5.84 Å². The molecule has 11 heavy (non-hydrogen) atoms. The zero-order valence-electron chi connectivity index (χ0n) is 6.72. The van der Waals surface area contributed by atoms with Crippen molar-refractivity contribution in [1.29, 1.82) is 0 Å². The minimum absolute atomic E-state index is 0. The minimum Gasteiger partial charge on any atom is -0.324 e. The van der Waals surface area contributed by atoms with Crippen LogP contribution in [0.4, 0.5) is 5.69 Å². The van der Waals surface area contributed by atoms with Crippen molar-refractivity contribution >= 4 is 18.1 Å². The summed E-state index contributed by atoms with van der Waals surface area (Å²) in [7, 11) is 0. The topological polar surface area (TPSA) is 38.0 Å². The number of nitrogen functional groups attached to an aromatic ring is 1. The summed E-state index contributed by atoms with van der Waals surface area (Å²) in [5, 5.41) is 0. The predicted molar refractivity (Wildman–Crippen MR) is 51.0 cm³/mol. The summed E-state index contributed by atoms with van der Waals surface area (Å²) in [6, 6.07) is 6.10. The quantitative estimate of drug-likeness (QED) is 0.503. The lowest BCUT2D eigenvalue weighted by Gasteiger charge is -2.03. The summed E-state index contributed by atoms with van der Waals surface area (Å²) in [6.45, 7) is 4.09. The van der Waals surface area contributed by atoms with E-state index in [4.69, 9.17) is 5.84 Å². The molecule has 3 N–H and O–H groups in total. The number of halogens is 1. The van der Waals surface area contributed by atoms with Crippen LogP contribution in [0.3, 0.4) is 0 Å². The Balaban J connectivity index is 0.000001000. The van der Waals surface area contributed by atoms with E-state index >= 15 is 0 Å². The van der Waals surface area contributed by atoms with Gasteiger partial charge >= 0.3 is 0 Å². The number of nitrogens with one attached hydrogen (secondary N) is 1. The maximum absolute atomic E-state index is 5.25. The van der Waals surface area contributed by atoms with E-state index in [1.54, 1.807) is 0 Å². The molecule has 0 radical (unpaired) electrons. The number of hydrogen-bond donors (Lipinski definition) is 2. The first-order valence-corrected chi connectivity index (χ1v) is 3.28. The van der Waals surface area contributed by atoms with Crippen molar-refractivity contribution in [2.24, 2.45) is 5.84 Å². The highest BCUT2D eigenvalue weighted by Crippen LogP contribution is 2.13. The number of rotatable bonds is 1. The molecule has 0 aliphatic rings. The van der Waals surface area contributed by atoms with Gasteiger partial charge in [0.25, 0.3) is 0 Å². The lowest BCUT2D eigenvalue weighted by atomic mass is 10.1. The lowest BCUT2D eigenvalue weighted by molar-refractivity contribution is 1.29. The molecule has 0 heterocycles. The Morgan fingerprint density at radius 2 is 1.91 bits per heavy atom. The van der Waals surface area contributed by atoms with Crippen molar-refractivity contribution in [3.8, 4) is 0 Å². The highest BCUT2D eigenvalue weighted by atomic mass is 35.5. The molecule has 0 unspecified atom stereocenters. The van der Waals surface area contributed by atoms with Crippen LogP contribution in [0.2, 0.25) is 0 Å². The van der Waals surface area contributed by atoms with Gasteiger partial charge in [-0.15, -0.1) is 12.4 Å². The second-order valence-electron chi connectivity index (χ2n) is 2.46. The Kier molecular flexibility index (Phi) is 3.93. The van der Waals surface area contributed by atoms with Crippen molar-refractivity contribution in [2.45, 2.75) is 13.8 Å². The normalized spacial score (nSPS) is 8.64. The standard InChI is InChI=1S/C8H12N2.ClH/c1-6-3-4-8(10-9)7(2)5-6;/h3-5,10H,9H2,1-2H3;1H. The van der Waals surface area contributed by atoms with Crippen molar-refractivity contribution in [2.75, 3.05) is 5.43 Å². The third-order valence-corrected chi connectivity index (χ3v) is 1.54. The Bertz CT molecular complexity index is 236. The van der Waals surface area contributed by atoms with Crippen LogP contribution in [0.1, 0.15) is 11.1 Å². The van der Waals surface area contributed by atoms with E-state index < -0.39 is 0 Å². The van der Waals surface area contributed by atoms with Gasteiger partial charge in [0.1, 0.15) is 0 Å². The summed E-state index contributed by atoms with van der Waals surface area (Å²) < 4.78 is 0. The Labute approximate surface area is 73.2 Å². The zero-order valence-corrected chi connectivity index (χ0v) is 7.53. The van der Waals surface area contributed by atoms with E-state index in [2.05, 4.69) is 18.4 Å². The third-order valence-electron chi connectivity index (χ3n) is 1.54. The van der Waals surface area contributed by atoms with Gasteiger partial charge in [-0.05, 0) is 25.5 Å². The molecule has 0 saturated heterocycles. The third kappa shape index (κ3) is 2.41. The van der Waals surface area contributed by atoms with Crippen LogP contribution in [0.25, 0.3) is 0 Å². The van der Waals surface area contributed by atoms with E-state index in [0.29, 0.717) is 0 Å². The molecule has 62 valence electrons. The van der Waals surface area contributed by atoms with Crippen molar-refractivity contribution < 1.29 is 0 Å². The largest absolute Gasteiger partial charge is 0.324 e. The molecule has 0 saturated carbocycles. The number of hydrazine groups is 1. The Morgan fingerprint density at radius 3 is 2.36 bits per heavy atom. The van der Waals surface area contributed by atoms with Crippen LogP contribution >= 0.6 is 12.4 Å². The molecule has 0 aromatic heterocycles. The maximum atomic E-state index is 5.25. The number of aryl methyl sites for hydroxylation is 2. The molecule has 1 aromatic rings. The summed E-state index contributed by atoms with van der Waals surface area (Å²) in [5.41, 5.74) is 6.06. The highest BCUT2D eigenvalue weighted by molar-refractivity contribution is 5.85. The fourth-order valence-corrected chi connectivity index (χ4v) is 0.976. The molecule has 0 aliphatic heterocycles. The van der Waals surface area contributed by atoms with Gasteiger partial charge < -0.3 is 5.43 Å². The van der Waals surface area contributed by atoms with Crippen LogP contribution < -0.4 is 11.3 Å². The second kappa shape index (κ2) is 4.21. The first-order valence-electron chi connectivity index (χ1n) is 3.28. The molecule has 0 spiro atoms. The molecule has 2 nitrogen and oxygen atoms in total. The first kappa shape index (κ1) is 10.3.